The van der Waals surface area contributed by atoms with Crippen LogP contribution in [0.1, 0.15) is 245 Å². The number of carbonyl (C=O) groups excluding carboxylic acids is 2. The molecule has 0 heterocycles. The second kappa shape index (κ2) is 47.5. The average Bonchev–Trinajstić information content (AvgIpc) is 3.22. The van der Waals surface area contributed by atoms with Crippen LogP contribution in [-0.2, 0) is 14.3 Å². The number of allylic oxidation sites excluding steroid dienone is 7. The number of hydrogen-bond donors (Lipinski definition) is 3. The van der Waals surface area contributed by atoms with E-state index in [4.69, 9.17) is 4.74 Å². The molecule has 0 aromatic rings. The molecule has 1 amide bonds. The van der Waals surface area contributed by atoms with E-state index in [9.17, 15) is 19.8 Å². The fraction of sp³-hybridized carbons (Fsp3) is 0.808. The molecule has 0 aliphatic heterocycles. The standard InChI is InChI=1S/C52H95NO5/c1-3-5-7-9-11-13-15-16-22-26-30-34-38-42-46-52(57)58-47-43-39-35-31-27-23-20-18-17-19-21-25-29-33-37-41-45-51(56)53-49(48-54)50(55)44-40-36-32-28-24-14-12-10-8-6-4-2/h9,11,15-17,19,40,44,49-50,54-55H,3-8,10,12-14,18,20-39,41-43,45-48H2,1-2H3,(H,53,56)/b11-9-,16-15-,19-17-,44-40+. The van der Waals surface area contributed by atoms with Crippen LogP contribution in [0.4, 0.5) is 0 Å². The Morgan fingerprint density at radius 3 is 1.38 bits per heavy atom. The first kappa shape index (κ1) is 55.8. The molecule has 0 aromatic heterocycles. The van der Waals surface area contributed by atoms with E-state index in [1.165, 1.54) is 148 Å². The van der Waals surface area contributed by atoms with Crippen molar-refractivity contribution in [2.45, 2.75) is 257 Å². The van der Waals surface area contributed by atoms with Gasteiger partial charge in [0, 0.05) is 12.8 Å². The first-order valence-corrected chi connectivity index (χ1v) is 24.9. The van der Waals surface area contributed by atoms with E-state index in [0.717, 1.165) is 70.6 Å². The topological polar surface area (TPSA) is 95.9 Å². The lowest BCUT2D eigenvalue weighted by molar-refractivity contribution is -0.143. The van der Waals surface area contributed by atoms with Gasteiger partial charge in [-0.05, 0) is 83.5 Å². The van der Waals surface area contributed by atoms with Crippen LogP contribution in [-0.4, -0.2) is 47.4 Å². The van der Waals surface area contributed by atoms with Crippen LogP contribution in [0.2, 0.25) is 0 Å². The molecule has 0 fully saturated rings. The molecule has 58 heavy (non-hydrogen) atoms. The van der Waals surface area contributed by atoms with Crippen molar-refractivity contribution in [2.24, 2.45) is 0 Å². The number of amides is 1. The molecular formula is C52H95NO5. The van der Waals surface area contributed by atoms with Crippen LogP contribution < -0.4 is 5.32 Å². The summed E-state index contributed by atoms with van der Waals surface area (Å²) in [5.41, 5.74) is 0. The summed E-state index contributed by atoms with van der Waals surface area (Å²) in [6, 6.07) is -0.639. The Hall–Kier alpha value is -2.18. The van der Waals surface area contributed by atoms with Crippen molar-refractivity contribution in [3.63, 3.8) is 0 Å². The Morgan fingerprint density at radius 1 is 0.483 bits per heavy atom. The van der Waals surface area contributed by atoms with Gasteiger partial charge in [-0.15, -0.1) is 0 Å². The molecule has 6 heteroatoms. The Morgan fingerprint density at radius 2 is 0.879 bits per heavy atom. The van der Waals surface area contributed by atoms with Gasteiger partial charge < -0.3 is 20.3 Å². The predicted molar refractivity (Wildman–Crippen MR) is 250 cm³/mol. The minimum absolute atomic E-state index is 0.0198. The molecule has 3 N–H and O–H groups in total. The van der Waals surface area contributed by atoms with Crippen LogP contribution in [0.5, 0.6) is 0 Å². The third-order valence-electron chi connectivity index (χ3n) is 11.1. The number of aliphatic hydroxyl groups excluding tert-OH is 2. The monoisotopic (exact) mass is 814 g/mol. The van der Waals surface area contributed by atoms with Crippen molar-refractivity contribution in [1.82, 2.24) is 5.32 Å². The minimum atomic E-state index is -0.854. The lowest BCUT2D eigenvalue weighted by Gasteiger charge is -2.20. The molecule has 0 aromatic carbocycles. The molecule has 0 saturated heterocycles. The highest BCUT2D eigenvalue weighted by Crippen LogP contribution is 2.14. The van der Waals surface area contributed by atoms with E-state index < -0.39 is 12.1 Å². The number of hydrogen-bond acceptors (Lipinski definition) is 5. The van der Waals surface area contributed by atoms with E-state index in [-0.39, 0.29) is 18.5 Å². The Balaban J connectivity index is 3.51. The maximum atomic E-state index is 12.4. The summed E-state index contributed by atoms with van der Waals surface area (Å²) < 4.78 is 5.45. The summed E-state index contributed by atoms with van der Waals surface area (Å²) >= 11 is 0. The van der Waals surface area contributed by atoms with Crippen LogP contribution >= 0.6 is 0 Å². The molecule has 0 bridgehead atoms. The number of rotatable bonds is 45. The summed E-state index contributed by atoms with van der Waals surface area (Å²) in [6.07, 6.45) is 58.2. The van der Waals surface area contributed by atoms with Gasteiger partial charge in [0.15, 0.2) is 0 Å². The maximum absolute atomic E-state index is 12.4. The molecule has 2 atom stereocenters. The van der Waals surface area contributed by atoms with Gasteiger partial charge in [-0.3, -0.25) is 9.59 Å². The van der Waals surface area contributed by atoms with Crippen molar-refractivity contribution >= 4 is 11.9 Å². The zero-order valence-electron chi connectivity index (χ0n) is 38.3. The van der Waals surface area contributed by atoms with Gasteiger partial charge >= 0.3 is 5.97 Å². The number of nitrogens with one attached hydrogen (secondary N) is 1. The van der Waals surface area contributed by atoms with Gasteiger partial charge in [-0.2, -0.15) is 0 Å². The lowest BCUT2D eigenvalue weighted by atomic mass is 10.1. The third kappa shape index (κ3) is 43.4. The van der Waals surface area contributed by atoms with E-state index in [1.807, 2.05) is 6.08 Å². The average molecular weight is 814 g/mol. The summed E-state index contributed by atoms with van der Waals surface area (Å²) in [5, 5.41) is 22.9. The van der Waals surface area contributed by atoms with Crippen LogP contribution in [0.15, 0.2) is 48.6 Å². The predicted octanol–water partition coefficient (Wildman–Crippen LogP) is 14.7. The highest BCUT2D eigenvalue weighted by atomic mass is 16.5. The zero-order valence-corrected chi connectivity index (χ0v) is 38.3. The fourth-order valence-electron chi connectivity index (χ4n) is 7.17. The minimum Gasteiger partial charge on any atom is -0.466 e. The van der Waals surface area contributed by atoms with Crippen LogP contribution in [0.25, 0.3) is 0 Å². The number of ether oxygens (including phenoxy) is 1. The smallest absolute Gasteiger partial charge is 0.305 e. The van der Waals surface area contributed by atoms with Gasteiger partial charge in [0.25, 0.3) is 0 Å². The molecule has 0 saturated carbocycles. The largest absolute Gasteiger partial charge is 0.466 e. The van der Waals surface area contributed by atoms with Crippen LogP contribution in [0, 0.1) is 0 Å². The van der Waals surface area contributed by atoms with Gasteiger partial charge in [0.2, 0.25) is 5.91 Å². The normalized spacial score (nSPS) is 13.1. The fourth-order valence-corrected chi connectivity index (χ4v) is 7.17. The summed E-state index contributed by atoms with van der Waals surface area (Å²) in [5.74, 6) is -0.108. The van der Waals surface area contributed by atoms with E-state index in [2.05, 4.69) is 55.6 Å². The quantitative estimate of drug-likeness (QED) is 0.0323. The summed E-state index contributed by atoms with van der Waals surface area (Å²) in [7, 11) is 0. The van der Waals surface area contributed by atoms with Gasteiger partial charge in [-0.25, -0.2) is 0 Å². The Bertz CT molecular complexity index is 988. The van der Waals surface area contributed by atoms with Crippen molar-refractivity contribution in [3.8, 4) is 0 Å². The number of carbonyl (C=O) groups is 2. The maximum Gasteiger partial charge on any atom is 0.305 e. The molecule has 0 aliphatic rings. The van der Waals surface area contributed by atoms with Crippen molar-refractivity contribution in [3.05, 3.63) is 48.6 Å². The number of esters is 1. The van der Waals surface area contributed by atoms with Crippen molar-refractivity contribution < 1.29 is 24.5 Å². The number of aliphatic hydroxyl groups is 2. The van der Waals surface area contributed by atoms with Crippen molar-refractivity contribution in [2.75, 3.05) is 13.2 Å². The lowest BCUT2D eigenvalue weighted by Crippen LogP contribution is -2.45. The van der Waals surface area contributed by atoms with E-state index in [1.54, 1.807) is 6.08 Å². The molecule has 0 rings (SSSR count). The van der Waals surface area contributed by atoms with Crippen molar-refractivity contribution in [1.29, 1.82) is 0 Å². The Kier molecular flexibility index (Phi) is 45.7. The molecule has 0 radical (unpaired) electrons. The highest BCUT2D eigenvalue weighted by molar-refractivity contribution is 5.76. The first-order chi connectivity index (χ1) is 28.5. The second-order valence-electron chi connectivity index (χ2n) is 16.8. The third-order valence-corrected chi connectivity index (χ3v) is 11.1. The van der Waals surface area contributed by atoms with E-state index >= 15 is 0 Å². The second-order valence-corrected chi connectivity index (χ2v) is 16.8. The molecule has 338 valence electrons. The van der Waals surface area contributed by atoms with E-state index in [0.29, 0.717) is 19.4 Å². The van der Waals surface area contributed by atoms with Crippen LogP contribution in [0.3, 0.4) is 0 Å². The SMILES string of the molecule is CCCC/C=C\C/C=C\CCCCCCCC(=O)OCCCCCCCCC/C=C\CCCCCCCC(=O)NC(CO)C(O)/C=C/CCCCCCCCCCC. The van der Waals surface area contributed by atoms with Gasteiger partial charge in [0.1, 0.15) is 0 Å². The zero-order chi connectivity index (χ0) is 42.3. The van der Waals surface area contributed by atoms with Gasteiger partial charge in [0.05, 0.1) is 25.4 Å². The first-order valence-electron chi connectivity index (χ1n) is 24.9. The molecule has 2 unspecified atom stereocenters. The highest BCUT2D eigenvalue weighted by Gasteiger charge is 2.18. The Labute approximate surface area is 359 Å². The molecule has 6 nitrogen and oxygen atoms in total. The molecule has 0 aliphatic carbocycles. The molecular weight excluding hydrogens is 719 g/mol. The summed E-state index contributed by atoms with van der Waals surface area (Å²) in [6.45, 7) is 4.80. The number of unbranched alkanes of at least 4 members (excludes halogenated alkanes) is 28. The molecule has 0 spiro atoms. The van der Waals surface area contributed by atoms with Gasteiger partial charge in [-0.1, -0.05) is 197 Å². The summed E-state index contributed by atoms with van der Waals surface area (Å²) in [4.78, 5) is 24.4.